The number of benzene rings is 2. The number of ether oxygens (including phenoxy) is 1. The third-order valence-corrected chi connectivity index (χ3v) is 4.75. The maximum Gasteiger partial charge on any atom is 0.360 e. The SMILES string of the molecule is C[C@H](OC(=O)c1nn(-c2ccccc2)c(=O)c2ccccc12)C(=O)N1CCNC1=O. The highest BCUT2D eigenvalue weighted by molar-refractivity contribution is 6.04. The van der Waals surface area contributed by atoms with E-state index in [9.17, 15) is 19.2 Å². The van der Waals surface area contributed by atoms with Crippen LogP contribution < -0.4 is 10.9 Å². The van der Waals surface area contributed by atoms with Gasteiger partial charge in [-0.1, -0.05) is 36.4 Å². The Balaban J connectivity index is 1.72. The van der Waals surface area contributed by atoms with Crippen LogP contribution in [0.3, 0.4) is 0 Å². The summed E-state index contributed by atoms with van der Waals surface area (Å²) in [7, 11) is 0. The first-order valence-corrected chi connectivity index (χ1v) is 9.35. The van der Waals surface area contributed by atoms with Crippen molar-refractivity contribution >= 4 is 28.7 Å². The fourth-order valence-corrected chi connectivity index (χ4v) is 3.25. The van der Waals surface area contributed by atoms with Crippen LogP contribution in [0.4, 0.5) is 4.79 Å². The minimum Gasteiger partial charge on any atom is -0.448 e. The largest absolute Gasteiger partial charge is 0.448 e. The van der Waals surface area contributed by atoms with E-state index in [4.69, 9.17) is 4.74 Å². The van der Waals surface area contributed by atoms with Crippen molar-refractivity contribution in [1.82, 2.24) is 20.0 Å². The molecule has 0 saturated carbocycles. The molecule has 1 aliphatic heterocycles. The molecule has 2 heterocycles. The standard InChI is InChI=1S/C21H18N4O5/c1-13(18(26)24-12-11-22-21(24)29)30-20(28)17-15-9-5-6-10-16(15)19(27)25(23-17)14-7-3-2-4-8-14/h2-10,13H,11-12H2,1H3,(H,22,29)/t13-/m0/s1. The van der Waals surface area contributed by atoms with Gasteiger partial charge in [-0.25, -0.2) is 9.59 Å². The Morgan fingerprint density at radius 2 is 1.70 bits per heavy atom. The van der Waals surface area contributed by atoms with Crippen molar-refractivity contribution in [3.8, 4) is 5.69 Å². The first-order chi connectivity index (χ1) is 14.5. The summed E-state index contributed by atoms with van der Waals surface area (Å²) < 4.78 is 6.43. The summed E-state index contributed by atoms with van der Waals surface area (Å²) in [5.74, 6) is -1.49. The van der Waals surface area contributed by atoms with Crippen LogP contribution in [-0.4, -0.2) is 51.8 Å². The lowest BCUT2D eigenvalue weighted by molar-refractivity contribution is -0.136. The molecule has 0 aliphatic carbocycles. The van der Waals surface area contributed by atoms with E-state index in [1.54, 1.807) is 54.6 Å². The molecule has 1 fully saturated rings. The maximum absolute atomic E-state index is 12.9. The topological polar surface area (TPSA) is 111 Å². The Hall–Kier alpha value is -4.01. The molecule has 0 spiro atoms. The van der Waals surface area contributed by atoms with Crippen LogP contribution in [0, 0.1) is 0 Å². The number of aromatic nitrogens is 2. The Morgan fingerprint density at radius 1 is 1.03 bits per heavy atom. The van der Waals surface area contributed by atoms with E-state index in [-0.39, 0.29) is 17.8 Å². The molecule has 0 radical (unpaired) electrons. The number of carbonyl (C=O) groups is 3. The van der Waals surface area contributed by atoms with Gasteiger partial charge in [-0.2, -0.15) is 9.78 Å². The van der Waals surface area contributed by atoms with Crippen molar-refractivity contribution in [2.75, 3.05) is 13.1 Å². The van der Waals surface area contributed by atoms with Crippen molar-refractivity contribution < 1.29 is 19.1 Å². The molecule has 9 nitrogen and oxygen atoms in total. The fraction of sp³-hybridized carbons (Fsp3) is 0.190. The van der Waals surface area contributed by atoms with E-state index in [1.165, 1.54) is 6.92 Å². The van der Waals surface area contributed by atoms with Gasteiger partial charge >= 0.3 is 12.0 Å². The predicted molar refractivity (Wildman–Crippen MR) is 107 cm³/mol. The lowest BCUT2D eigenvalue weighted by atomic mass is 10.1. The van der Waals surface area contributed by atoms with Crippen molar-refractivity contribution in [1.29, 1.82) is 0 Å². The predicted octanol–water partition coefficient (Wildman–Crippen LogP) is 1.48. The number of urea groups is 1. The van der Waals surface area contributed by atoms with Gasteiger partial charge in [0.25, 0.3) is 11.5 Å². The second-order valence-electron chi connectivity index (χ2n) is 6.72. The summed E-state index contributed by atoms with van der Waals surface area (Å²) in [6.45, 7) is 1.94. The molecule has 1 saturated heterocycles. The van der Waals surface area contributed by atoms with Crippen molar-refractivity contribution in [3.63, 3.8) is 0 Å². The molecular weight excluding hydrogens is 388 g/mol. The van der Waals surface area contributed by atoms with Gasteiger partial charge in [0.1, 0.15) is 0 Å². The van der Waals surface area contributed by atoms with Gasteiger partial charge in [0.05, 0.1) is 11.1 Å². The Bertz CT molecular complexity index is 1200. The highest BCUT2D eigenvalue weighted by Gasteiger charge is 2.32. The first kappa shape index (κ1) is 19.3. The third-order valence-electron chi connectivity index (χ3n) is 4.75. The molecule has 1 aliphatic rings. The van der Waals surface area contributed by atoms with Crippen LogP contribution in [-0.2, 0) is 9.53 Å². The highest BCUT2D eigenvalue weighted by atomic mass is 16.5. The number of rotatable bonds is 4. The number of para-hydroxylation sites is 1. The lowest BCUT2D eigenvalue weighted by Gasteiger charge is -2.18. The molecule has 0 bridgehead atoms. The molecule has 1 N–H and O–H groups in total. The van der Waals surface area contributed by atoms with Crippen molar-refractivity contribution in [2.24, 2.45) is 0 Å². The zero-order valence-corrected chi connectivity index (χ0v) is 16.1. The molecule has 1 atom stereocenters. The van der Waals surface area contributed by atoms with Gasteiger partial charge in [-0.15, -0.1) is 0 Å². The van der Waals surface area contributed by atoms with Crippen LogP contribution >= 0.6 is 0 Å². The number of imide groups is 1. The van der Waals surface area contributed by atoms with Gasteiger partial charge < -0.3 is 10.1 Å². The smallest absolute Gasteiger partial charge is 0.360 e. The van der Waals surface area contributed by atoms with Gasteiger partial charge in [0.2, 0.25) is 0 Å². The number of nitrogens with zero attached hydrogens (tertiary/aromatic N) is 3. The molecule has 2 aromatic carbocycles. The van der Waals surface area contributed by atoms with E-state index < -0.39 is 24.0 Å². The number of esters is 1. The average molecular weight is 406 g/mol. The summed E-state index contributed by atoms with van der Waals surface area (Å²) in [5.41, 5.74) is 0.00551. The summed E-state index contributed by atoms with van der Waals surface area (Å²) in [4.78, 5) is 50.9. The summed E-state index contributed by atoms with van der Waals surface area (Å²) in [6, 6.07) is 14.7. The van der Waals surface area contributed by atoms with E-state index in [0.717, 1.165) is 9.58 Å². The molecule has 3 amide bonds. The second-order valence-corrected chi connectivity index (χ2v) is 6.72. The van der Waals surface area contributed by atoms with E-state index >= 15 is 0 Å². The number of amides is 3. The molecule has 3 aromatic rings. The highest BCUT2D eigenvalue weighted by Crippen LogP contribution is 2.17. The van der Waals surface area contributed by atoms with Crippen LogP contribution in [0.1, 0.15) is 17.4 Å². The second kappa shape index (κ2) is 7.78. The Kier molecular flexibility index (Phi) is 5.01. The van der Waals surface area contributed by atoms with Crippen molar-refractivity contribution in [3.05, 3.63) is 70.6 Å². The summed E-state index contributed by atoms with van der Waals surface area (Å²) in [5, 5.41) is 7.35. The van der Waals surface area contributed by atoms with Crippen LogP contribution in [0.5, 0.6) is 0 Å². The number of fused-ring (bicyclic) bond motifs is 1. The summed E-state index contributed by atoms with van der Waals surface area (Å²) >= 11 is 0. The minimum absolute atomic E-state index is 0.0976. The van der Waals surface area contributed by atoms with Gasteiger partial charge in [-0.3, -0.25) is 14.5 Å². The number of hydrogen-bond donors (Lipinski definition) is 1. The van der Waals surface area contributed by atoms with Gasteiger partial charge in [-0.05, 0) is 25.1 Å². The molecule has 1 aromatic heterocycles. The number of nitrogens with one attached hydrogen (secondary N) is 1. The Morgan fingerprint density at radius 3 is 2.37 bits per heavy atom. The first-order valence-electron chi connectivity index (χ1n) is 9.35. The number of carbonyl (C=O) groups excluding carboxylic acids is 3. The molecule has 4 rings (SSSR count). The third kappa shape index (κ3) is 3.41. The minimum atomic E-state index is -1.20. The van der Waals surface area contributed by atoms with Crippen LogP contribution in [0.15, 0.2) is 59.4 Å². The van der Waals surface area contributed by atoms with E-state index in [2.05, 4.69) is 10.4 Å². The normalized spacial score (nSPS) is 14.4. The van der Waals surface area contributed by atoms with Crippen molar-refractivity contribution in [2.45, 2.75) is 13.0 Å². The van der Waals surface area contributed by atoms with Gasteiger partial charge in [0, 0.05) is 18.5 Å². The number of hydrogen-bond acceptors (Lipinski definition) is 6. The zero-order valence-electron chi connectivity index (χ0n) is 16.1. The van der Waals surface area contributed by atoms with Gasteiger partial charge in [0.15, 0.2) is 11.8 Å². The molecule has 152 valence electrons. The quantitative estimate of drug-likeness (QED) is 0.657. The zero-order chi connectivity index (χ0) is 21.3. The average Bonchev–Trinajstić information content (AvgIpc) is 3.20. The fourth-order valence-electron chi connectivity index (χ4n) is 3.25. The van der Waals surface area contributed by atoms with E-state index in [0.29, 0.717) is 23.0 Å². The molecule has 30 heavy (non-hydrogen) atoms. The lowest BCUT2D eigenvalue weighted by Crippen LogP contribution is -2.42. The van der Waals surface area contributed by atoms with E-state index in [1.807, 2.05) is 0 Å². The monoisotopic (exact) mass is 406 g/mol. The van der Waals surface area contributed by atoms with Crippen LogP contribution in [0.25, 0.3) is 16.5 Å². The van der Waals surface area contributed by atoms with Crippen LogP contribution in [0.2, 0.25) is 0 Å². The maximum atomic E-state index is 12.9. The summed E-state index contributed by atoms with van der Waals surface area (Å²) in [6.07, 6.45) is -1.20. The molecule has 0 unspecified atom stereocenters. The molecule has 9 heteroatoms. The Labute approximate surface area is 170 Å². The molecular formula is C21H18N4O5.